The number of nitrogens with two attached hydrogens (primary N) is 2. The molecule has 9 heteroatoms. The number of benzene rings is 2. The number of carbonyl (C=O) groups is 2. The number of sulfonamides is 1. The van der Waals surface area contributed by atoms with Crippen LogP contribution in [0.25, 0.3) is 0 Å². The highest BCUT2D eigenvalue weighted by molar-refractivity contribution is 9.10. The number of quaternary nitrogens is 1. The lowest BCUT2D eigenvalue weighted by molar-refractivity contribution is -0.674. The zero-order chi connectivity index (χ0) is 19.6. The summed E-state index contributed by atoms with van der Waals surface area (Å²) in [5, 5.41) is 6.93. The molecule has 1 aliphatic rings. The molecule has 0 spiro atoms. The first-order valence-corrected chi connectivity index (χ1v) is 10.7. The van der Waals surface area contributed by atoms with Crippen molar-refractivity contribution in [2.75, 3.05) is 11.4 Å². The summed E-state index contributed by atoms with van der Waals surface area (Å²) in [5.41, 5.74) is 1.50. The van der Waals surface area contributed by atoms with Crippen molar-refractivity contribution in [1.82, 2.24) is 0 Å². The molecule has 27 heavy (non-hydrogen) atoms. The maximum Gasteiger partial charge on any atom is 0.292 e. The van der Waals surface area contributed by atoms with E-state index in [1.54, 1.807) is 36.4 Å². The van der Waals surface area contributed by atoms with Gasteiger partial charge in [0.25, 0.3) is 5.91 Å². The fourth-order valence-corrected chi connectivity index (χ4v) is 3.78. The van der Waals surface area contributed by atoms with E-state index in [-0.39, 0.29) is 23.1 Å². The molecule has 0 bridgehead atoms. The first-order valence-electron chi connectivity index (χ1n) is 8.33. The van der Waals surface area contributed by atoms with Gasteiger partial charge in [0.05, 0.1) is 23.5 Å². The van der Waals surface area contributed by atoms with E-state index in [1.807, 2.05) is 5.32 Å². The molecule has 1 heterocycles. The summed E-state index contributed by atoms with van der Waals surface area (Å²) in [5.74, 6) is -0.423. The van der Waals surface area contributed by atoms with E-state index < -0.39 is 16.1 Å². The van der Waals surface area contributed by atoms with Crippen molar-refractivity contribution in [2.24, 2.45) is 5.14 Å². The van der Waals surface area contributed by atoms with Crippen LogP contribution in [0.5, 0.6) is 0 Å². The van der Waals surface area contributed by atoms with Gasteiger partial charge in [0, 0.05) is 10.9 Å². The van der Waals surface area contributed by atoms with E-state index >= 15 is 0 Å². The molecule has 1 saturated heterocycles. The molecule has 0 aliphatic carbocycles. The second-order valence-corrected chi connectivity index (χ2v) is 8.79. The van der Waals surface area contributed by atoms with Crippen LogP contribution in [0.3, 0.4) is 0 Å². The number of primary sulfonamides is 1. The lowest BCUT2D eigenvalue weighted by Crippen LogP contribution is -2.92. The third-order valence-electron chi connectivity index (χ3n) is 4.40. The number of nitrogens with zero attached hydrogens (tertiary/aromatic N) is 1. The van der Waals surface area contributed by atoms with Gasteiger partial charge in [-0.05, 0) is 42.0 Å². The van der Waals surface area contributed by atoms with Crippen molar-refractivity contribution in [3.05, 3.63) is 58.6 Å². The van der Waals surface area contributed by atoms with E-state index in [9.17, 15) is 18.0 Å². The molecule has 3 rings (SSSR count). The van der Waals surface area contributed by atoms with Crippen molar-refractivity contribution < 1.29 is 23.3 Å². The number of anilines is 1. The Morgan fingerprint density at radius 1 is 1.07 bits per heavy atom. The van der Waals surface area contributed by atoms with Gasteiger partial charge in [-0.25, -0.2) is 18.5 Å². The van der Waals surface area contributed by atoms with Gasteiger partial charge in [0.1, 0.15) is 0 Å². The zero-order valence-electron chi connectivity index (χ0n) is 14.3. The molecular weight excluding hydrogens is 434 g/mol. The largest absolute Gasteiger partial charge is 0.335 e. The summed E-state index contributed by atoms with van der Waals surface area (Å²) in [6, 6.07) is 12.9. The highest BCUT2D eigenvalue weighted by Crippen LogP contribution is 2.23. The SMILES string of the molecule is NS(=O)(=O)c1ccc(CC[NH2+][C@H]2CC(=O)N(c3ccc(Br)cc3)C2=O)cc1. The third-order valence-corrected chi connectivity index (χ3v) is 5.86. The molecule has 0 radical (unpaired) electrons. The first kappa shape index (κ1) is 19.7. The Hall–Kier alpha value is -2.07. The van der Waals surface area contributed by atoms with Gasteiger partial charge in [0.15, 0.2) is 6.04 Å². The van der Waals surface area contributed by atoms with Gasteiger partial charge < -0.3 is 5.32 Å². The van der Waals surface area contributed by atoms with E-state index in [0.717, 1.165) is 10.0 Å². The van der Waals surface area contributed by atoms with Crippen LogP contribution in [0.1, 0.15) is 12.0 Å². The van der Waals surface area contributed by atoms with E-state index in [0.29, 0.717) is 18.7 Å². The minimum Gasteiger partial charge on any atom is -0.335 e. The number of hydrogen-bond donors (Lipinski definition) is 2. The Kier molecular flexibility index (Phi) is 5.75. The third kappa shape index (κ3) is 4.62. The standard InChI is InChI=1S/C18H18BrN3O4S/c19-13-3-5-14(6-4-13)22-17(23)11-16(18(22)24)21-10-9-12-1-7-15(8-2-12)27(20,25)26/h1-8,16,21H,9-11H2,(H2,20,25,26)/p+1/t16-/m0/s1. The van der Waals surface area contributed by atoms with Gasteiger partial charge in [-0.2, -0.15) is 0 Å². The molecule has 1 atom stereocenters. The highest BCUT2D eigenvalue weighted by atomic mass is 79.9. The second kappa shape index (κ2) is 7.89. The van der Waals surface area contributed by atoms with Crippen LogP contribution in [0.4, 0.5) is 5.69 Å². The Morgan fingerprint density at radius 3 is 2.30 bits per heavy atom. The van der Waals surface area contributed by atoms with Crippen LogP contribution in [0, 0.1) is 0 Å². The molecule has 4 N–H and O–H groups in total. The number of rotatable bonds is 6. The van der Waals surface area contributed by atoms with Gasteiger partial charge >= 0.3 is 0 Å². The molecule has 2 aromatic carbocycles. The van der Waals surface area contributed by atoms with Crippen LogP contribution in [-0.4, -0.2) is 32.8 Å². The summed E-state index contributed by atoms with van der Waals surface area (Å²) in [7, 11) is -3.70. The second-order valence-electron chi connectivity index (χ2n) is 6.32. The van der Waals surface area contributed by atoms with Crippen molar-refractivity contribution in [3.63, 3.8) is 0 Å². The number of carbonyl (C=O) groups excluding carboxylic acids is 2. The van der Waals surface area contributed by atoms with Gasteiger partial charge in [-0.15, -0.1) is 0 Å². The van der Waals surface area contributed by atoms with Crippen molar-refractivity contribution >= 4 is 43.5 Å². The molecule has 2 aromatic rings. The smallest absolute Gasteiger partial charge is 0.292 e. The van der Waals surface area contributed by atoms with Crippen LogP contribution in [-0.2, 0) is 26.0 Å². The average Bonchev–Trinajstić information content (AvgIpc) is 2.89. The quantitative estimate of drug-likeness (QED) is 0.622. The minimum atomic E-state index is -3.70. The lowest BCUT2D eigenvalue weighted by atomic mass is 10.1. The normalized spacial score (nSPS) is 17.6. The molecule has 0 saturated carbocycles. The monoisotopic (exact) mass is 452 g/mol. The number of amides is 2. The Bertz CT molecular complexity index is 959. The molecule has 1 fully saturated rings. The molecule has 7 nitrogen and oxygen atoms in total. The van der Waals surface area contributed by atoms with Gasteiger partial charge in [-0.3, -0.25) is 9.59 Å². The molecule has 0 aromatic heterocycles. The fraction of sp³-hybridized carbons (Fsp3) is 0.222. The van der Waals surface area contributed by atoms with Gasteiger partial charge in [-0.1, -0.05) is 28.1 Å². The minimum absolute atomic E-state index is 0.0666. The predicted molar refractivity (Wildman–Crippen MR) is 103 cm³/mol. The van der Waals surface area contributed by atoms with Crippen LogP contribution in [0.15, 0.2) is 57.9 Å². The van der Waals surface area contributed by atoms with Crippen molar-refractivity contribution in [2.45, 2.75) is 23.8 Å². The predicted octanol–water partition coefficient (Wildman–Crippen LogP) is 0.535. The topological polar surface area (TPSA) is 114 Å². The summed E-state index contributed by atoms with van der Waals surface area (Å²) >= 11 is 3.33. The maximum atomic E-state index is 12.6. The van der Waals surface area contributed by atoms with Gasteiger partial charge in [0.2, 0.25) is 15.9 Å². The fourth-order valence-electron chi connectivity index (χ4n) is 3.00. The number of hydrogen-bond acceptors (Lipinski definition) is 4. The summed E-state index contributed by atoms with van der Waals surface area (Å²) in [4.78, 5) is 26.1. The maximum absolute atomic E-state index is 12.6. The van der Waals surface area contributed by atoms with Crippen LogP contribution >= 0.6 is 15.9 Å². The average molecular weight is 453 g/mol. The highest BCUT2D eigenvalue weighted by Gasteiger charge is 2.41. The van der Waals surface area contributed by atoms with Crippen molar-refractivity contribution in [3.8, 4) is 0 Å². The Labute approximate surface area is 165 Å². The number of halogens is 1. The Balaban J connectivity index is 1.58. The van der Waals surface area contributed by atoms with Crippen molar-refractivity contribution in [1.29, 1.82) is 0 Å². The molecular formula is C18H19BrN3O4S+. The lowest BCUT2D eigenvalue weighted by Gasteiger charge is -2.14. The molecule has 1 aliphatic heterocycles. The number of imide groups is 1. The van der Waals surface area contributed by atoms with Crippen LogP contribution < -0.4 is 15.4 Å². The Morgan fingerprint density at radius 2 is 1.70 bits per heavy atom. The van der Waals surface area contributed by atoms with E-state index in [1.165, 1.54) is 17.0 Å². The van der Waals surface area contributed by atoms with E-state index in [4.69, 9.17) is 5.14 Å². The summed E-state index contributed by atoms with van der Waals surface area (Å²) < 4.78 is 23.4. The van der Waals surface area contributed by atoms with E-state index in [2.05, 4.69) is 15.9 Å². The zero-order valence-corrected chi connectivity index (χ0v) is 16.7. The first-order chi connectivity index (χ1) is 12.8. The molecule has 0 unspecified atom stereocenters. The van der Waals surface area contributed by atoms with Crippen LogP contribution in [0.2, 0.25) is 0 Å². The molecule has 2 amide bonds. The molecule has 142 valence electrons. The summed E-state index contributed by atoms with van der Waals surface area (Å²) in [6.45, 7) is 0.604. The summed E-state index contributed by atoms with van der Waals surface area (Å²) in [6.07, 6.45) is 0.806.